The Morgan fingerprint density at radius 1 is 1.10 bits per heavy atom. The van der Waals surface area contributed by atoms with E-state index >= 15 is 0 Å². The predicted octanol–water partition coefficient (Wildman–Crippen LogP) is 5.17. The van der Waals surface area contributed by atoms with Gasteiger partial charge in [0.25, 0.3) is 5.91 Å². The summed E-state index contributed by atoms with van der Waals surface area (Å²) in [5.41, 5.74) is 3.08. The zero-order valence-electron chi connectivity index (χ0n) is 16.5. The first kappa shape index (κ1) is 19.2. The summed E-state index contributed by atoms with van der Waals surface area (Å²) in [6.45, 7) is 2.75. The number of aromatic nitrogens is 2. The number of hydrogen-bond acceptors (Lipinski definition) is 3. The van der Waals surface area contributed by atoms with Crippen LogP contribution in [0.1, 0.15) is 41.7 Å². The number of benzene rings is 2. The van der Waals surface area contributed by atoms with E-state index < -0.39 is 0 Å². The molecule has 0 bridgehead atoms. The van der Waals surface area contributed by atoms with Gasteiger partial charge in [-0.25, -0.2) is 9.07 Å². The van der Waals surface area contributed by atoms with Crippen molar-refractivity contribution in [1.29, 1.82) is 0 Å². The van der Waals surface area contributed by atoms with Crippen LogP contribution in [0.3, 0.4) is 0 Å². The van der Waals surface area contributed by atoms with E-state index in [-0.39, 0.29) is 11.7 Å². The topological polar surface area (TPSA) is 59.0 Å². The summed E-state index contributed by atoms with van der Waals surface area (Å²) in [5, 5.41) is 10.6. The van der Waals surface area contributed by atoms with Crippen LogP contribution in [0.4, 0.5) is 15.8 Å². The maximum Gasteiger partial charge on any atom is 0.259 e. The van der Waals surface area contributed by atoms with Crippen molar-refractivity contribution in [2.24, 2.45) is 5.92 Å². The van der Waals surface area contributed by atoms with Crippen LogP contribution >= 0.6 is 0 Å². The van der Waals surface area contributed by atoms with Crippen molar-refractivity contribution in [3.63, 3.8) is 0 Å². The normalized spacial score (nSPS) is 14.1. The standard InChI is InChI=1S/C23H25FN4O/c1-16-20(15-26-28(16)22-9-5-4-8-21(22)24)23(29)27-19-12-10-18(11-13-19)25-14-17-6-2-3-7-17/h4-5,8-13,15,17,25H,2-3,6-7,14H2,1H3,(H,27,29). The fourth-order valence-corrected chi connectivity index (χ4v) is 3.85. The van der Waals surface area contributed by atoms with Gasteiger partial charge in [0.1, 0.15) is 11.5 Å². The number of anilines is 2. The highest BCUT2D eigenvalue weighted by molar-refractivity contribution is 6.05. The molecule has 2 aromatic carbocycles. The minimum atomic E-state index is -0.383. The molecule has 0 radical (unpaired) electrons. The zero-order chi connectivity index (χ0) is 20.2. The summed E-state index contributed by atoms with van der Waals surface area (Å²) in [6.07, 6.45) is 6.76. The average Bonchev–Trinajstić information content (AvgIpc) is 3.38. The average molecular weight is 392 g/mol. The lowest BCUT2D eigenvalue weighted by molar-refractivity contribution is 0.102. The molecule has 1 aliphatic rings. The van der Waals surface area contributed by atoms with Crippen LogP contribution < -0.4 is 10.6 Å². The lowest BCUT2D eigenvalue weighted by Gasteiger charge is -2.12. The molecule has 29 heavy (non-hydrogen) atoms. The van der Waals surface area contributed by atoms with Crippen molar-refractivity contribution in [1.82, 2.24) is 9.78 Å². The van der Waals surface area contributed by atoms with Crippen LogP contribution in [0.15, 0.2) is 54.7 Å². The molecule has 1 aromatic heterocycles. The Labute approximate surface area is 169 Å². The highest BCUT2D eigenvalue weighted by Crippen LogP contribution is 2.25. The summed E-state index contributed by atoms with van der Waals surface area (Å²) < 4.78 is 15.5. The van der Waals surface area contributed by atoms with E-state index in [2.05, 4.69) is 15.7 Å². The number of carbonyl (C=O) groups is 1. The molecule has 1 aliphatic carbocycles. The number of halogens is 1. The van der Waals surface area contributed by atoms with Crippen LogP contribution in [0.25, 0.3) is 5.69 Å². The van der Waals surface area contributed by atoms with E-state index in [9.17, 15) is 9.18 Å². The molecule has 0 atom stereocenters. The Morgan fingerprint density at radius 3 is 2.52 bits per heavy atom. The molecule has 6 heteroatoms. The Morgan fingerprint density at radius 2 is 1.79 bits per heavy atom. The van der Waals surface area contributed by atoms with Gasteiger partial charge in [-0.1, -0.05) is 25.0 Å². The summed E-state index contributed by atoms with van der Waals surface area (Å²) in [4.78, 5) is 12.7. The Hall–Kier alpha value is -3.15. The summed E-state index contributed by atoms with van der Waals surface area (Å²) in [7, 11) is 0. The maximum atomic E-state index is 14.0. The molecule has 4 rings (SSSR count). The first-order chi connectivity index (χ1) is 14.1. The van der Waals surface area contributed by atoms with Gasteiger partial charge in [-0.3, -0.25) is 4.79 Å². The molecule has 0 unspecified atom stereocenters. The first-order valence-corrected chi connectivity index (χ1v) is 10.1. The van der Waals surface area contributed by atoms with Crippen LogP contribution in [0.2, 0.25) is 0 Å². The van der Waals surface area contributed by atoms with Gasteiger partial charge in [-0.15, -0.1) is 0 Å². The van der Waals surface area contributed by atoms with Gasteiger partial charge >= 0.3 is 0 Å². The van der Waals surface area contributed by atoms with Crippen LogP contribution in [0, 0.1) is 18.7 Å². The zero-order valence-corrected chi connectivity index (χ0v) is 16.5. The molecule has 2 N–H and O–H groups in total. The van der Waals surface area contributed by atoms with Crippen molar-refractivity contribution < 1.29 is 9.18 Å². The van der Waals surface area contributed by atoms with E-state index in [1.165, 1.54) is 42.6 Å². The lowest BCUT2D eigenvalue weighted by atomic mass is 10.1. The molecule has 1 amide bonds. The first-order valence-electron chi connectivity index (χ1n) is 10.1. The number of rotatable bonds is 6. The third-order valence-electron chi connectivity index (χ3n) is 5.55. The molecule has 1 heterocycles. The number of nitrogens with one attached hydrogen (secondary N) is 2. The minimum absolute atomic E-state index is 0.267. The van der Waals surface area contributed by atoms with E-state index in [0.717, 1.165) is 18.2 Å². The fraction of sp³-hybridized carbons (Fsp3) is 0.304. The second-order valence-corrected chi connectivity index (χ2v) is 7.57. The van der Waals surface area contributed by atoms with Gasteiger partial charge in [0.05, 0.1) is 17.5 Å². The molecule has 5 nitrogen and oxygen atoms in total. The molecule has 3 aromatic rings. The van der Waals surface area contributed by atoms with Crippen molar-refractivity contribution in [2.75, 3.05) is 17.2 Å². The highest BCUT2D eigenvalue weighted by atomic mass is 19.1. The second-order valence-electron chi connectivity index (χ2n) is 7.57. The van der Waals surface area contributed by atoms with E-state index in [4.69, 9.17) is 0 Å². The molecule has 150 valence electrons. The summed E-state index contributed by atoms with van der Waals surface area (Å²) in [6, 6.07) is 14.1. The van der Waals surface area contributed by atoms with Crippen molar-refractivity contribution >= 4 is 17.3 Å². The number of para-hydroxylation sites is 1. The van der Waals surface area contributed by atoms with Gasteiger partial charge in [-0.2, -0.15) is 5.10 Å². The SMILES string of the molecule is Cc1c(C(=O)Nc2ccc(NCC3CCCC3)cc2)cnn1-c1ccccc1F. The van der Waals surface area contributed by atoms with Crippen molar-refractivity contribution in [3.8, 4) is 5.69 Å². The molecule has 1 saturated carbocycles. The van der Waals surface area contributed by atoms with E-state index in [0.29, 0.717) is 22.6 Å². The smallest absolute Gasteiger partial charge is 0.259 e. The Balaban J connectivity index is 1.41. The van der Waals surface area contributed by atoms with E-state index in [1.807, 2.05) is 24.3 Å². The van der Waals surface area contributed by atoms with Crippen molar-refractivity contribution in [2.45, 2.75) is 32.6 Å². The van der Waals surface area contributed by atoms with Gasteiger partial charge in [-0.05, 0) is 62.1 Å². The third-order valence-corrected chi connectivity index (χ3v) is 5.55. The number of nitrogens with zero attached hydrogens (tertiary/aromatic N) is 2. The third kappa shape index (κ3) is 4.31. The molecule has 0 spiro atoms. The maximum absolute atomic E-state index is 14.0. The van der Waals surface area contributed by atoms with Crippen LogP contribution in [-0.4, -0.2) is 22.2 Å². The largest absolute Gasteiger partial charge is 0.385 e. The summed E-state index contributed by atoms with van der Waals surface area (Å²) >= 11 is 0. The Kier molecular flexibility index (Phi) is 5.60. The van der Waals surface area contributed by atoms with Crippen LogP contribution in [0.5, 0.6) is 0 Å². The second kappa shape index (κ2) is 8.47. The van der Waals surface area contributed by atoms with Gasteiger partial charge < -0.3 is 10.6 Å². The molecule has 0 saturated heterocycles. The highest BCUT2D eigenvalue weighted by Gasteiger charge is 2.17. The van der Waals surface area contributed by atoms with Gasteiger partial charge in [0, 0.05) is 17.9 Å². The molecular weight excluding hydrogens is 367 g/mol. The van der Waals surface area contributed by atoms with Crippen LogP contribution in [-0.2, 0) is 0 Å². The fourth-order valence-electron chi connectivity index (χ4n) is 3.85. The van der Waals surface area contributed by atoms with Gasteiger partial charge in [0.2, 0.25) is 0 Å². The predicted molar refractivity (Wildman–Crippen MR) is 113 cm³/mol. The monoisotopic (exact) mass is 392 g/mol. The minimum Gasteiger partial charge on any atom is -0.385 e. The summed E-state index contributed by atoms with van der Waals surface area (Å²) in [5.74, 6) is 0.117. The van der Waals surface area contributed by atoms with Gasteiger partial charge in [0.15, 0.2) is 0 Å². The molecule has 0 aliphatic heterocycles. The van der Waals surface area contributed by atoms with E-state index in [1.54, 1.807) is 25.1 Å². The quantitative estimate of drug-likeness (QED) is 0.608. The number of amides is 1. The van der Waals surface area contributed by atoms with Crippen molar-refractivity contribution in [3.05, 3.63) is 71.8 Å². The molecule has 1 fully saturated rings. The number of hydrogen-bond donors (Lipinski definition) is 2. The number of carbonyl (C=O) groups excluding carboxylic acids is 1. The molecular formula is C23H25FN4O. The lowest BCUT2D eigenvalue weighted by Crippen LogP contribution is -2.14. The Bertz CT molecular complexity index is 990.